The normalized spacial score (nSPS) is 10.5. The summed E-state index contributed by atoms with van der Waals surface area (Å²) in [7, 11) is 0. The van der Waals surface area contributed by atoms with Crippen LogP contribution in [-0.4, -0.2) is 10.8 Å². The maximum absolute atomic E-state index is 11.3. The van der Waals surface area contributed by atoms with Gasteiger partial charge in [0.15, 0.2) is 12.4 Å². The minimum Gasteiger partial charge on any atom is -0.484 e. The van der Waals surface area contributed by atoms with Crippen LogP contribution >= 0.6 is 0 Å². The second kappa shape index (κ2) is 5.26. The molecule has 4 heteroatoms. The van der Waals surface area contributed by atoms with Crippen molar-refractivity contribution in [3.8, 4) is 5.75 Å². The molecule has 1 aromatic carbocycles. The van der Waals surface area contributed by atoms with Gasteiger partial charge in [0.2, 0.25) is 5.89 Å². The molecule has 2 aromatic rings. The minimum absolute atomic E-state index is 0.0496. The number of carbonyl (C=O) groups is 1. The first-order valence-corrected chi connectivity index (χ1v) is 6.14. The van der Waals surface area contributed by atoms with Crippen molar-refractivity contribution in [3.63, 3.8) is 0 Å². The molecule has 0 radical (unpaired) electrons. The molecule has 1 heterocycles. The molecule has 0 atom stereocenters. The lowest BCUT2D eigenvalue weighted by Gasteiger charge is -2.08. The third-order valence-electron chi connectivity index (χ3n) is 3.01. The predicted molar refractivity (Wildman–Crippen MR) is 71.5 cm³/mol. The van der Waals surface area contributed by atoms with Crippen LogP contribution < -0.4 is 4.74 Å². The number of hydrogen-bond acceptors (Lipinski definition) is 4. The lowest BCUT2D eigenvalue weighted by atomic mass is 10.1. The Morgan fingerprint density at radius 1 is 1.32 bits per heavy atom. The van der Waals surface area contributed by atoms with Gasteiger partial charge in [-0.2, -0.15) is 0 Å². The van der Waals surface area contributed by atoms with Crippen molar-refractivity contribution in [1.29, 1.82) is 0 Å². The summed E-state index contributed by atoms with van der Waals surface area (Å²) in [5.41, 5.74) is 2.49. The highest BCUT2D eigenvalue weighted by atomic mass is 16.5. The van der Waals surface area contributed by atoms with Gasteiger partial charge in [-0.3, -0.25) is 4.79 Å². The van der Waals surface area contributed by atoms with E-state index in [0.29, 0.717) is 11.5 Å². The van der Waals surface area contributed by atoms with E-state index in [2.05, 4.69) is 4.98 Å². The average Bonchev–Trinajstić information content (AvgIpc) is 2.67. The second-order valence-electron chi connectivity index (χ2n) is 4.57. The highest BCUT2D eigenvalue weighted by molar-refractivity contribution is 5.94. The monoisotopic (exact) mass is 259 g/mol. The molecule has 0 amide bonds. The first-order chi connectivity index (χ1) is 8.97. The van der Waals surface area contributed by atoms with Gasteiger partial charge in [0, 0.05) is 5.56 Å². The number of ketones is 1. The van der Waals surface area contributed by atoms with E-state index in [9.17, 15) is 4.79 Å². The fourth-order valence-corrected chi connectivity index (χ4v) is 1.77. The first-order valence-electron chi connectivity index (χ1n) is 6.14. The third-order valence-corrected chi connectivity index (χ3v) is 3.01. The minimum atomic E-state index is 0.0496. The summed E-state index contributed by atoms with van der Waals surface area (Å²) in [5, 5.41) is 0. The number of carbonyl (C=O) groups excluding carboxylic acids is 1. The maximum atomic E-state index is 11.3. The summed E-state index contributed by atoms with van der Waals surface area (Å²) in [5.74, 6) is 2.15. The van der Waals surface area contributed by atoms with Crippen molar-refractivity contribution in [2.75, 3.05) is 0 Å². The van der Waals surface area contributed by atoms with E-state index in [1.54, 1.807) is 19.1 Å². The van der Waals surface area contributed by atoms with E-state index in [0.717, 1.165) is 22.8 Å². The molecule has 19 heavy (non-hydrogen) atoms. The molecule has 0 unspecified atom stereocenters. The summed E-state index contributed by atoms with van der Waals surface area (Å²) >= 11 is 0. The van der Waals surface area contributed by atoms with Gasteiger partial charge in [-0.25, -0.2) is 4.98 Å². The zero-order valence-electron chi connectivity index (χ0n) is 11.6. The molecule has 0 aliphatic carbocycles. The molecule has 0 fully saturated rings. The van der Waals surface area contributed by atoms with Crippen LogP contribution in [0.15, 0.2) is 22.6 Å². The standard InChI is InChI=1S/C15H17NO3/c1-9-7-13(11(3)17)5-6-14(9)18-8-15-16-10(2)12(4)19-15/h5-7H,8H2,1-4H3. The summed E-state index contributed by atoms with van der Waals surface area (Å²) in [6.45, 7) is 7.52. The van der Waals surface area contributed by atoms with Crippen molar-refractivity contribution >= 4 is 5.78 Å². The zero-order chi connectivity index (χ0) is 14.0. The molecule has 0 saturated carbocycles. The van der Waals surface area contributed by atoms with Crippen LogP contribution in [0.1, 0.15) is 40.2 Å². The highest BCUT2D eigenvalue weighted by Crippen LogP contribution is 2.21. The Kier molecular flexibility index (Phi) is 3.69. The van der Waals surface area contributed by atoms with Crippen molar-refractivity contribution in [2.45, 2.75) is 34.3 Å². The number of oxazole rings is 1. The Morgan fingerprint density at radius 2 is 2.05 bits per heavy atom. The van der Waals surface area contributed by atoms with Gasteiger partial charge in [0.25, 0.3) is 0 Å². The van der Waals surface area contributed by atoms with E-state index in [1.165, 1.54) is 0 Å². The first kappa shape index (κ1) is 13.3. The number of aromatic nitrogens is 1. The number of nitrogens with zero attached hydrogens (tertiary/aromatic N) is 1. The zero-order valence-corrected chi connectivity index (χ0v) is 11.6. The van der Waals surface area contributed by atoms with E-state index in [1.807, 2.05) is 26.8 Å². The molecular weight excluding hydrogens is 242 g/mol. The number of aryl methyl sites for hydroxylation is 3. The Morgan fingerprint density at radius 3 is 2.58 bits per heavy atom. The number of benzene rings is 1. The van der Waals surface area contributed by atoms with Crippen molar-refractivity contribution in [2.24, 2.45) is 0 Å². The molecule has 0 spiro atoms. The molecule has 2 rings (SSSR count). The van der Waals surface area contributed by atoms with Crippen LogP contribution in [0.5, 0.6) is 5.75 Å². The Hall–Kier alpha value is -2.10. The second-order valence-corrected chi connectivity index (χ2v) is 4.57. The van der Waals surface area contributed by atoms with E-state index in [4.69, 9.17) is 9.15 Å². The number of ether oxygens (including phenoxy) is 1. The third kappa shape index (κ3) is 3.02. The predicted octanol–water partition coefficient (Wildman–Crippen LogP) is 3.38. The van der Waals surface area contributed by atoms with Crippen LogP contribution in [-0.2, 0) is 6.61 Å². The van der Waals surface area contributed by atoms with Crippen LogP contribution in [0.2, 0.25) is 0 Å². The van der Waals surface area contributed by atoms with Gasteiger partial charge in [-0.15, -0.1) is 0 Å². The topological polar surface area (TPSA) is 52.3 Å². The van der Waals surface area contributed by atoms with Crippen molar-refractivity contribution in [3.05, 3.63) is 46.7 Å². The van der Waals surface area contributed by atoms with E-state index < -0.39 is 0 Å². The highest BCUT2D eigenvalue weighted by Gasteiger charge is 2.08. The Bertz CT molecular complexity index is 594. The van der Waals surface area contributed by atoms with Crippen molar-refractivity contribution < 1.29 is 13.9 Å². The molecule has 0 aliphatic rings. The van der Waals surface area contributed by atoms with Crippen LogP contribution in [0.4, 0.5) is 0 Å². The Balaban J connectivity index is 2.09. The van der Waals surface area contributed by atoms with E-state index >= 15 is 0 Å². The molecule has 4 nitrogen and oxygen atoms in total. The summed E-state index contributed by atoms with van der Waals surface area (Å²) in [6, 6.07) is 5.38. The lowest BCUT2D eigenvalue weighted by Crippen LogP contribution is -1.99. The van der Waals surface area contributed by atoms with Crippen molar-refractivity contribution in [1.82, 2.24) is 4.98 Å². The molecule has 1 aromatic heterocycles. The quantitative estimate of drug-likeness (QED) is 0.790. The van der Waals surface area contributed by atoms with E-state index in [-0.39, 0.29) is 12.4 Å². The lowest BCUT2D eigenvalue weighted by molar-refractivity contribution is 0.101. The van der Waals surface area contributed by atoms with Crippen LogP contribution in [0.25, 0.3) is 0 Å². The Labute approximate surface area is 112 Å². The van der Waals surface area contributed by atoms with Crippen LogP contribution in [0.3, 0.4) is 0 Å². The number of Topliss-reactive ketones (excluding diaryl/α,β-unsaturated/α-hetero) is 1. The molecule has 0 saturated heterocycles. The fourth-order valence-electron chi connectivity index (χ4n) is 1.77. The number of rotatable bonds is 4. The summed E-state index contributed by atoms with van der Waals surface area (Å²) in [4.78, 5) is 15.5. The number of hydrogen-bond donors (Lipinski definition) is 0. The van der Waals surface area contributed by atoms with Gasteiger partial charge in [0.05, 0.1) is 5.69 Å². The van der Waals surface area contributed by atoms with Gasteiger partial charge >= 0.3 is 0 Å². The fraction of sp³-hybridized carbons (Fsp3) is 0.333. The SMILES string of the molecule is CC(=O)c1ccc(OCc2nc(C)c(C)o2)c(C)c1. The maximum Gasteiger partial charge on any atom is 0.232 e. The molecule has 100 valence electrons. The largest absolute Gasteiger partial charge is 0.484 e. The average molecular weight is 259 g/mol. The molecule has 0 bridgehead atoms. The summed E-state index contributed by atoms with van der Waals surface area (Å²) in [6.07, 6.45) is 0. The van der Waals surface area contributed by atoms with Gasteiger partial charge < -0.3 is 9.15 Å². The smallest absolute Gasteiger partial charge is 0.232 e. The molecular formula is C15H17NO3. The van der Waals surface area contributed by atoms with Crippen LogP contribution in [0, 0.1) is 20.8 Å². The molecule has 0 aliphatic heterocycles. The van der Waals surface area contributed by atoms with Gasteiger partial charge in [0.1, 0.15) is 11.5 Å². The molecule has 0 N–H and O–H groups in total. The van der Waals surface area contributed by atoms with Gasteiger partial charge in [-0.1, -0.05) is 0 Å². The van der Waals surface area contributed by atoms with Gasteiger partial charge in [-0.05, 0) is 51.5 Å². The summed E-state index contributed by atoms with van der Waals surface area (Å²) < 4.78 is 11.1.